The zero-order valence-electron chi connectivity index (χ0n) is 7.88. The van der Waals surface area contributed by atoms with E-state index in [0.717, 1.165) is 0 Å². The Morgan fingerprint density at radius 2 is 2.00 bits per heavy atom. The Hall–Kier alpha value is -1.72. The Morgan fingerprint density at radius 1 is 1.33 bits per heavy atom. The number of benzene rings is 1. The molecule has 0 aliphatic heterocycles. The van der Waals surface area contributed by atoms with E-state index in [1.165, 1.54) is 18.3 Å². The normalized spacial score (nSPS) is 12.0. The number of aryl methyl sites for hydroxylation is 1. The van der Waals surface area contributed by atoms with Crippen LogP contribution in [0.25, 0.3) is 0 Å². The van der Waals surface area contributed by atoms with Crippen molar-refractivity contribution in [1.29, 1.82) is 0 Å². The van der Waals surface area contributed by atoms with E-state index in [4.69, 9.17) is 5.84 Å². The third kappa shape index (κ3) is 3.88. The molecule has 1 rings (SSSR count). The molecule has 0 fully saturated rings. The van der Waals surface area contributed by atoms with Crippen LogP contribution < -0.4 is 10.6 Å². The number of hydrogen-bond acceptors (Lipinski definition) is 3. The summed E-state index contributed by atoms with van der Waals surface area (Å²) in [6, 6.07) is 4.12. The molecule has 0 aliphatic rings. The maximum Gasteiger partial charge on any atom is 0.573 e. The van der Waals surface area contributed by atoms with E-state index in [2.05, 4.69) is 9.84 Å². The van der Waals surface area contributed by atoms with Gasteiger partial charge in [0.1, 0.15) is 5.75 Å². The largest absolute Gasteiger partial charge is 0.573 e. The minimum atomic E-state index is -4.69. The van der Waals surface area contributed by atoms with Crippen molar-refractivity contribution in [2.45, 2.75) is 13.3 Å². The van der Waals surface area contributed by atoms with Crippen molar-refractivity contribution in [3.63, 3.8) is 0 Å². The molecular weight excluding hydrogens is 209 g/mol. The topological polar surface area (TPSA) is 47.6 Å². The van der Waals surface area contributed by atoms with E-state index in [1.807, 2.05) is 0 Å². The molecule has 15 heavy (non-hydrogen) atoms. The summed E-state index contributed by atoms with van der Waals surface area (Å²) in [5.74, 6) is 4.61. The van der Waals surface area contributed by atoms with Crippen LogP contribution >= 0.6 is 0 Å². The Kier molecular flexibility index (Phi) is 3.18. The Morgan fingerprint density at radius 3 is 2.53 bits per heavy atom. The molecule has 0 heterocycles. The van der Waals surface area contributed by atoms with E-state index >= 15 is 0 Å². The molecule has 0 saturated heterocycles. The van der Waals surface area contributed by atoms with E-state index in [-0.39, 0.29) is 5.75 Å². The van der Waals surface area contributed by atoms with E-state index in [9.17, 15) is 13.2 Å². The number of hydrazone groups is 1. The number of rotatable bonds is 2. The molecule has 0 spiro atoms. The molecule has 1 aromatic carbocycles. The van der Waals surface area contributed by atoms with Gasteiger partial charge in [-0.15, -0.1) is 13.2 Å². The highest BCUT2D eigenvalue weighted by Crippen LogP contribution is 2.24. The SMILES string of the molecule is Cc1cc(C=NN)cc(OC(F)(F)F)c1. The highest BCUT2D eigenvalue weighted by molar-refractivity contribution is 5.80. The first-order valence-corrected chi connectivity index (χ1v) is 4.01. The van der Waals surface area contributed by atoms with Gasteiger partial charge in [0.15, 0.2) is 0 Å². The first-order valence-electron chi connectivity index (χ1n) is 4.01. The van der Waals surface area contributed by atoms with Crippen LogP contribution in [-0.4, -0.2) is 12.6 Å². The lowest BCUT2D eigenvalue weighted by Gasteiger charge is -2.09. The van der Waals surface area contributed by atoms with Gasteiger partial charge in [-0.3, -0.25) is 0 Å². The summed E-state index contributed by atoms with van der Waals surface area (Å²) in [6.07, 6.45) is -3.44. The molecule has 0 aliphatic carbocycles. The first kappa shape index (κ1) is 11.4. The first-order chi connectivity index (χ1) is 6.90. The van der Waals surface area contributed by atoms with Gasteiger partial charge in [0.25, 0.3) is 0 Å². The number of ether oxygens (including phenoxy) is 1. The van der Waals surface area contributed by atoms with E-state index < -0.39 is 6.36 Å². The van der Waals surface area contributed by atoms with Crippen LogP contribution in [0, 0.1) is 6.92 Å². The van der Waals surface area contributed by atoms with Crippen molar-refractivity contribution >= 4 is 6.21 Å². The lowest BCUT2D eigenvalue weighted by molar-refractivity contribution is -0.274. The standard InChI is InChI=1S/C9H9F3N2O/c1-6-2-7(5-14-13)4-8(3-6)15-9(10,11)12/h2-5H,13H2,1H3. The van der Waals surface area contributed by atoms with Gasteiger partial charge in [-0.05, 0) is 30.2 Å². The fourth-order valence-corrected chi connectivity index (χ4v) is 1.13. The molecule has 0 radical (unpaired) electrons. The summed E-state index contributed by atoms with van der Waals surface area (Å²) in [4.78, 5) is 0. The van der Waals surface area contributed by atoms with Gasteiger partial charge in [0.2, 0.25) is 0 Å². The van der Waals surface area contributed by atoms with Gasteiger partial charge in [0.05, 0.1) is 6.21 Å². The summed E-state index contributed by atoms with van der Waals surface area (Å²) < 4.78 is 39.5. The van der Waals surface area contributed by atoms with Gasteiger partial charge < -0.3 is 10.6 Å². The van der Waals surface area contributed by atoms with Crippen LogP contribution in [-0.2, 0) is 0 Å². The van der Waals surface area contributed by atoms with Crippen LogP contribution in [0.2, 0.25) is 0 Å². The highest BCUT2D eigenvalue weighted by Gasteiger charge is 2.31. The summed E-state index contributed by atoms with van der Waals surface area (Å²) >= 11 is 0. The smallest absolute Gasteiger partial charge is 0.406 e. The lowest BCUT2D eigenvalue weighted by atomic mass is 10.1. The fourth-order valence-electron chi connectivity index (χ4n) is 1.13. The molecule has 1 aromatic rings. The molecule has 0 bridgehead atoms. The number of alkyl halides is 3. The van der Waals surface area contributed by atoms with E-state index in [0.29, 0.717) is 11.1 Å². The van der Waals surface area contributed by atoms with Gasteiger partial charge in [-0.25, -0.2) is 0 Å². The lowest BCUT2D eigenvalue weighted by Crippen LogP contribution is -2.17. The van der Waals surface area contributed by atoms with Crippen LogP contribution in [0.5, 0.6) is 5.75 Å². The van der Waals surface area contributed by atoms with Crippen molar-refractivity contribution in [3.8, 4) is 5.75 Å². The number of halogens is 3. The summed E-state index contributed by atoms with van der Waals surface area (Å²) in [5, 5.41) is 3.22. The van der Waals surface area contributed by atoms with Crippen molar-refractivity contribution in [2.24, 2.45) is 10.9 Å². The van der Waals surface area contributed by atoms with Crippen LogP contribution in [0.3, 0.4) is 0 Å². The second-order valence-electron chi connectivity index (χ2n) is 2.91. The predicted octanol–water partition coefficient (Wildman–Crippen LogP) is 2.19. The third-order valence-corrected chi connectivity index (χ3v) is 1.53. The monoisotopic (exact) mass is 218 g/mol. The summed E-state index contributed by atoms with van der Waals surface area (Å²) in [5.41, 5.74) is 1.09. The molecule has 0 amide bonds. The third-order valence-electron chi connectivity index (χ3n) is 1.53. The van der Waals surface area contributed by atoms with Crippen molar-refractivity contribution < 1.29 is 17.9 Å². The summed E-state index contributed by atoms with van der Waals surface area (Å²) in [7, 11) is 0. The minimum Gasteiger partial charge on any atom is -0.406 e. The van der Waals surface area contributed by atoms with E-state index in [1.54, 1.807) is 13.0 Å². The molecule has 2 N–H and O–H groups in total. The van der Waals surface area contributed by atoms with Gasteiger partial charge >= 0.3 is 6.36 Å². The Balaban J connectivity index is 2.99. The Labute approximate surface area is 84.3 Å². The minimum absolute atomic E-state index is 0.280. The molecular formula is C9H9F3N2O. The van der Waals surface area contributed by atoms with Crippen molar-refractivity contribution in [3.05, 3.63) is 29.3 Å². The number of nitrogens with two attached hydrogens (primary N) is 1. The number of hydrogen-bond donors (Lipinski definition) is 1. The summed E-state index contributed by atoms with van der Waals surface area (Å²) in [6.45, 7) is 1.65. The average molecular weight is 218 g/mol. The van der Waals surface area contributed by atoms with Gasteiger partial charge in [-0.2, -0.15) is 5.10 Å². The number of nitrogens with zero attached hydrogens (tertiary/aromatic N) is 1. The van der Waals surface area contributed by atoms with Crippen LogP contribution in [0.4, 0.5) is 13.2 Å². The quantitative estimate of drug-likeness (QED) is 0.470. The molecule has 0 aromatic heterocycles. The zero-order chi connectivity index (χ0) is 11.5. The molecule has 6 heteroatoms. The van der Waals surface area contributed by atoms with Gasteiger partial charge in [0, 0.05) is 0 Å². The second-order valence-corrected chi connectivity index (χ2v) is 2.91. The predicted molar refractivity (Wildman–Crippen MR) is 49.6 cm³/mol. The highest BCUT2D eigenvalue weighted by atomic mass is 19.4. The fraction of sp³-hybridized carbons (Fsp3) is 0.222. The molecule has 0 unspecified atom stereocenters. The van der Waals surface area contributed by atoms with Crippen molar-refractivity contribution in [1.82, 2.24) is 0 Å². The van der Waals surface area contributed by atoms with Crippen molar-refractivity contribution in [2.75, 3.05) is 0 Å². The van der Waals surface area contributed by atoms with Crippen LogP contribution in [0.1, 0.15) is 11.1 Å². The zero-order valence-corrected chi connectivity index (χ0v) is 7.88. The molecule has 3 nitrogen and oxygen atoms in total. The van der Waals surface area contributed by atoms with Gasteiger partial charge in [-0.1, -0.05) is 6.07 Å². The molecule has 82 valence electrons. The maximum absolute atomic E-state index is 11.9. The van der Waals surface area contributed by atoms with Crippen LogP contribution in [0.15, 0.2) is 23.3 Å². The molecule has 0 saturated carbocycles. The molecule has 0 atom stereocenters. The Bertz CT molecular complexity index is 374. The second kappa shape index (κ2) is 4.20. The average Bonchev–Trinajstić information content (AvgIpc) is 1.99. The maximum atomic E-state index is 11.9.